The van der Waals surface area contributed by atoms with E-state index in [0.717, 1.165) is 35.3 Å². The van der Waals surface area contributed by atoms with E-state index in [2.05, 4.69) is 49.0 Å². The first-order chi connectivity index (χ1) is 10.3. The molecule has 1 atom stereocenters. The van der Waals surface area contributed by atoms with Gasteiger partial charge in [0.05, 0.1) is 22.9 Å². The number of nitrogen functional groups attached to an aromatic ring is 1. The van der Waals surface area contributed by atoms with Gasteiger partial charge in [0.25, 0.3) is 0 Å². The Morgan fingerprint density at radius 2 is 2.09 bits per heavy atom. The predicted molar refractivity (Wildman–Crippen MR) is 94.5 cm³/mol. The van der Waals surface area contributed by atoms with Crippen molar-refractivity contribution in [1.82, 2.24) is 9.97 Å². The van der Waals surface area contributed by atoms with Gasteiger partial charge >= 0.3 is 0 Å². The summed E-state index contributed by atoms with van der Waals surface area (Å²) in [7, 11) is 0. The maximum absolute atomic E-state index is 9.56. The van der Waals surface area contributed by atoms with Gasteiger partial charge in [0.2, 0.25) is 5.95 Å². The van der Waals surface area contributed by atoms with Crippen LogP contribution in [0.4, 0.5) is 11.8 Å². The average molecular weight is 322 g/mol. The second-order valence-corrected chi connectivity index (χ2v) is 7.72. The van der Waals surface area contributed by atoms with Gasteiger partial charge in [0.15, 0.2) is 0 Å². The molecule has 0 aliphatic carbocycles. The molecule has 0 bridgehead atoms. The first kappa shape index (κ1) is 17.0. The van der Waals surface area contributed by atoms with Crippen molar-refractivity contribution in [2.75, 3.05) is 17.7 Å². The van der Waals surface area contributed by atoms with Crippen LogP contribution in [0.1, 0.15) is 51.8 Å². The van der Waals surface area contributed by atoms with Gasteiger partial charge < -0.3 is 16.2 Å². The zero-order valence-electron chi connectivity index (χ0n) is 13.8. The van der Waals surface area contributed by atoms with Crippen molar-refractivity contribution in [1.29, 1.82) is 0 Å². The van der Waals surface area contributed by atoms with Gasteiger partial charge in [-0.2, -0.15) is 4.98 Å². The molecule has 0 radical (unpaired) electrons. The third-order valence-corrected chi connectivity index (χ3v) is 5.15. The lowest BCUT2D eigenvalue weighted by molar-refractivity contribution is 0.267. The molecule has 0 fully saturated rings. The molecule has 4 N–H and O–H groups in total. The number of rotatable bonds is 6. The number of unbranched alkanes of at least 4 members (excludes halogenated alkanes) is 1. The Balaban J connectivity index is 2.37. The lowest BCUT2D eigenvalue weighted by Gasteiger charge is -2.17. The molecule has 0 aromatic carbocycles. The summed E-state index contributed by atoms with van der Waals surface area (Å²) in [5.41, 5.74) is 6.78. The molecule has 122 valence electrons. The van der Waals surface area contributed by atoms with Crippen LogP contribution in [0.15, 0.2) is 6.07 Å². The summed E-state index contributed by atoms with van der Waals surface area (Å²) in [6, 6.07) is 2.08. The minimum Gasteiger partial charge on any atom is -0.394 e. The van der Waals surface area contributed by atoms with Crippen LogP contribution in [0.3, 0.4) is 0 Å². The van der Waals surface area contributed by atoms with E-state index in [0.29, 0.717) is 0 Å². The highest BCUT2D eigenvalue weighted by molar-refractivity contribution is 7.19. The molecule has 2 aromatic heterocycles. The van der Waals surface area contributed by atoms with E-state index >= 15 is 0 Å². The summed E-state index contributed by atoms with van der Waals surface area (Å²) in [5.74, 6) is 0.999. The Bertz CT molecular complexity index is 633. The molecule has 2 aromatic rings. The molecular weight excluding hydrogens is 296 g/mol. The zero-order valence-corrected chi connectivity index (χ0v) is 14.6. The van der Waals surface area contributed by atoms with Crippen molar-refractivity contribution in [3.05, 3.63) is 10.9 Å². The summed E-state index contributed by atoms with van der Waals surface area (Å²) >= 11 is 1.69. The second-order valence-electron chi connectivity index (χ2n) is 6.67. The lowest BCUT2D eigenvalue weighted by Crippen LogP contribution is -2.24. The van der Waals surface area contributed by atoms with Crippen LogP contribution in [-0.2, 0) is 5.41 Å². The van der Waals surface area contributed by atoms with E-state index in [1.165, 1.54) is 4.88 Å². The normalized spacial score (nSPS) is 13.5. The smallest absolute Gasteiger partial charge is 0.222 e. The quantitative estimate of drug-likeness (QED) is 0.757. The SMILES string of the molecule is CCCCC(CO)Nc1nc(N)nc2cc(C(C)(C)C)sc12. The van der Waals surface area contributed by atoms with Gasteiger partial charge in [-0.3, -0.25) is 0 Å². The standard InChI is InChI=1S/C16H26N4OS/c1-5-6-7-10(9-21)18-14-13-11(19-15(17)20-14)8-12(22-13)16(2,3)4/h8,10,21H,5-7,9H2,1-4H3,(H3,17,18,19,20). The van der Waals surface area contributed by atoms with Gasteiger partial charge in [0.1, 0.15) is 5.82 Å². The fourth-order valence-electron chi connectivity index (χ4n) is 2.27. The predicted octanol–water partition coefficient (Wildman–Crippen LogP) is 3.53. The Labute approximate surface area is 136 Å². The first-order valence-corrected chi connectivity index (χ1v) is 8.61. The topological polar surface area (TPSA) is 84.1 Å². The van der Waals surface area contributed by atoms with Crippen LogP contribution in [0, 0.1) is 0 Å². The van der Waals surface area contributed by atoms with Crippen molar-refractivity contribution < 1.29 is 5.11 Å². The third kappa shape index (κ3) is 3.87. The van der Waals surface area contributed by atoms with Crippen LogP contribution in [0.5, 0.6) is 0 Å². The molecule has 2 heterocycles. The van der Waals surface area contributed by atoms with Crippen molar-refractivity contribution in [3.8, 4) is 0 Å². The molecule has 6 heteroatoms. The Kier molecular flexibility index (Phi) is 5.24. The van der Waals surface area contributed by atoms with Crippen molar-refractivity contribution in [2.45, 2.75) is 58.4 Å². The summed E-state index contributed by atoms with van der Waals surface area (Å²) in [4.78, 5) is 9.94. The molecule has 0 aliphatic rings. The van der Waals surface area contributed by atoms with E-state index in [-0.39, 0.29) is 24.0 Å². The molecule has 0 saturated carbocycles. The minimum atomic E-state index is -0.00219. The number of nitrogens with zero attached hydrogens (tertiary/aromatic N) is 2. The fourth-order valence-corrected chi connectivity index (χ4v) is 3.38. The summed E-state index contributed by atoms with van der Waals surface area (Å²) in [6.07, 6.45) is 3.09. The number of anilines is 2. The molecule has 0 amide bonds. The summed E-state index contributed by atoms with van der Waals surface area (Å²) in [6.45, 7) is 8.77. The number of hydrogen-bond donors (Lipinski definition) is 3. The second kappa shape index (κ2) is 6.79. The molecule has 22 heavy (non-hydrogen) atoms. The molecule has 0 saturated heterocycles. The number of aliphatic hydroxyl groups is 1. The Morgan fingerprint density at radius 3 is 2.68 bits per heavy atom. The van der Waals surface area contributed by atoms with Gasteiger partial charge in [-0.15, -0.1) is 11.3 Å². The molecule has 2 rings (SSSR count). The van der Waals surface area contributed by atoms with E-state index < -0.39 is 0 Å². The highest BCUT2D eigenvalue weighted by Gasteiger charge is 2.20. The molecule has 1 unspecified atom stereocenters. The van der Waals surface area contributed by atoms with Crippen molar-refractivity contribution >= 4 is 33.3 Å². The highest BCUT2D eigenvalue weighted by Crippen LogP contribution is 2.37. The first-order valence-electron chi connectivity index (χ1n) is 7.80. The van der Waals surface area contributed by atoms with Gasteiger partial charge in [0, 0.05) is 4.88 Å². The summed E-state index contributed by atoms with van der Waals surface area (Å²) in [5, 5.41) is 12.9. The van der Waals surface area contributed by atoms with E-state index in [9.17, 15) is 5.11 Å². The van der Waals surface area contributed by atoms with Crippen LogP contribution in [0.25, 0.3) is 10.2 Å². The lowest BCUT2D eigenvalue weighted by atomic mass is 9.95. The van der Waals surface area contributed by atoms with Crippen LogP contribution in [-0.4, -0.2) is 27.7 Å². The fraction of sp³-hybridized carbons (Fsp3) is 0.625. The maximum Gasteiger partial charge on any atom is 0.222 e. The number of nitrogens with two attached hydrogens (primary N) is 1. The molecule has 5 nitrogen and oxygen atoms in total. The third-order valence-electron chi connectivity index (χ3n) is 3.60. The largest absolute Gasteiger partial charge is 0.394 e. The maximum atomic E-state index is 9.56. The number of hydrogen-bond acceptors (Lipinski definition) is 6. The number of aromatic nitrogens is 2. The Morgan fingerprint density at radius 1 is 1.36 bits per heavy atom. The average Bonchev–Trinajstić information content (AvgIpc) is 2.87. The van der Waals surface area contributed by atoms with Gasteiger partial charge in [-0.05, 0) is 17.9 Å². The van der Waals surface area contributed by atoms with Crippen molar-refractivity contribution in [3.63, 3.8) is 0 Å². The molecule has 0 spiro atoms. The summed E-state index contributed by atoms with van der Waals surface area (Å²) < 4.78 is 1.01. The van der Waals surface area contributed by atoms with Gasteiger partial charge in [-0.1, -0.05) is 40.5 Å². The van der Waals surface area contributed by atoms with E-state index in [1.807, 2.05) is 0 Å². The molecule has 0 aliphatic heterocycles. The van der Waals surface area contributed by atoms with Crippen LogP contribution >= 0.6 is 11.3 Å². The number of aliphatic hydroxyl groups excluding tert-OH is 1. The Hall–Kier alpha value is -1.40. The van der Waals surface area contributed by atoms with Crippen molar-refractivity contribution in [2.24, 2.45) is 0 Å². The van der Waals surface area contributed by atoms with Crippen LogP contribution in [0.2, 0.25) is 0 Å². The number of thiophene rings is 1. The zero-order chi connectivity index (χ0) is 16.3. The van der Waals surface area contributed by atoms with Crippen LogP contribution < -0.4 is 11.1 Å². The monoisotopic (exact) mass is 322 g/mol. The molecular formula is C16H26N4OS. The highest BCUT2D eigenvalue weighted by atomic mass is 32.1. The van der Waals surface area contributed by atoms with Gasteiger partial charge in [-0.25, -0.2) is 4.98 Å². The van der Waals surface area contributed by atoms with E-state index in [1.54, 1.807) is 11.3 Å². The number of nitrogens with one attached hydrogen (secondary N) is 1. The van der Waals surface area contributed by atoms with E-state index in [4.69, 9.17) is 5.73 Å². The minimum absolute atomic E-state index is 0.00219. The number of fused-ring (bicyclic) bond motifs is 1.